The molecule has 0 aliphatic carbocycles. The van der Waals surface area contributed by atoms with Gasteiger partial charge in [0.25, 0.3) is 0 Å². The molecule has 0 N–H and O–H groups in total. The maximum atomic E-state index is 7.03. The first kappa shape index (κ1) is 85.4. The summed E-state index contributed by atoms with van der Waals surface area (Å²) in [6.45, 7) is 0. The van der Waals surface area contributed by atoms with Gasteiger partial charge in [-0.3, -0.25) is 0 Å². The van der Waals surface area contributed by atoms with Crippen LogP contribution in [-0.4, -0.2) is 15.0 Å². The van der Waals surface area contributed by atoms with Crippen LogP contribution in [0.15, 0.2) is 541 Å². The summed E-state index contributed by atoms with van der Waals surface area (Å²) in [5.41, 5.74) is 35.0. The SMILES string of the molecule is c1ccc(-c2cc(-c3ccccc3)c3oc4c(-c5ccc(-c6ccc7c8ccccc8c8ccccc8c7n6)cc5)cc(-c5ccccc5)cc4c3c2)cc1.c1ccc(-c2ccc3oc4c(-c5ccc(-c6ccc7c8ccccc8c8ccccc8c7n6)cc5)cc(-c5ccccc5)cc4c3c2)cc1.c1ccc(-c2cccc3c2oc2c(-c4ccc(-c5ccc6c7ccccc7c7ccccc7c6n5)cc4)cccc23)cc1. The average molecular weight is 1870 g/mol. The number of rotatable bonds is 12. The number of nitrogens with zero attached hydrogens (tertiary/aromatic N) is 3. The summed E-state index contributed by atoms with van der Waals surface area (Å²) in [6.07, 6.45) is 0. The average Bonchev–Trinajstić information content (AvgIpc) is 1.000. The van der Waals surface area contributed by atoms with Gasteiger partial charge < -0.3 is 13.3 Å². The lowest BCUT2D eigenvalue weighted by Crippen LogP contribution is -1.89. The summed E-state index contributed by atoms with van der Waals surface area (Å²) in [5.74, 6) is 0. The minimum absolute atomic E-state index is 0.881. The fourth-order valence-corrected chi connectivity index (χ4v) is 22.4. The van der Waals surface area contributed by atoms with Gasteiger partial charge >= 0.3 is 0 Å². The van der Waals surface area contributed by atoms with Crippen molar-refractivity contribution in [1.29, 1.82) is 0 Å². The van der Waals surface area contributed by atoms with Gasteiger partial charge in [-0.1, -0.05) is 443 Å². The van der Waals surface area contributed by atoms with Crippen molar-refractivity contribution in [2.75, 3.05) is 0 Å². The van der Waals surface area contributed by atoms with Gasteiger partial charge in [0.2, 0.25) is 0 Å². The fraction of sp³-hybridized carbons (Fsp3) is 0. The largest absolute Gasteiger partial charge is 0.455 e. The van der Waals surface area contributed by atoms with Crippen molar-refractivity contribution in [3.8, 4) is 134 Å². The molecular weight excluding hydrogens is 1780 g/mol. The van der Waals surface area contributed by atoms with Crippen molar-refractivity contribution in [3.05, 3.63) is 528 Å². The second-order valence-electron chi connectivity index (χ2n) is 38.1. The predicted molar refractivity (Wildman–Crippen MR) is 617 cm³/mol. The summed E-state index contributed by atoms with van der Waals surface area (Å²) in [4.78, 5) is 15.8. The molecule has 0 spiro atoms. The van der Waals surface area contributed by atoms with E-state index in [1.165, 1.54) is 109 Å². The number of hydrogen-bond donors (Lipinski definition) is 0. The molecule has 24 aromatic carbocycles. The van der Waals surface area contributed by atoms with Crippen LogP contribution in [-0.2, 0) is 0 Å². The number of benzene rings is 24. The minimum Gasteiger partial charge on any atom is -0.455 e. The highest BCUT2D eigenvalue weighted by atomic mass is 16.3. The number of aromatic nitrogens is 3. The highest BCUT2D eigenvalue weighted by molar-refractivity contribution is 6.28. The quantitative estimate of drug-likeness (QED) is 0.113. The van der Waals surface area contributed by atoms with Crippen molar-refractivity contribution in [3.63, 3.8) is 0 Å². The van der Waals surface area contributed by atoms with Gasteiger partial charge in [-0.15, -0.1) is 0 Å². The van der Waals surface area contributed by atoms with Crippen molar-refractivity contribution >= 4 is 163 Å². The number of pyridine rings is 3. The van der Waals surface area contributed by atoms with E-state index in [0.717, 1.165) is 188 Å². The molecule has 0 radical (unpaired) electrons. The first-order chi connectivity index (χ1) is 72.9. The molecule has 30 rings (SSSR count). The summed E-state index contributed by atoms with van der Waals surface area (Å²) >= 11 is 0. The van der Waals surface area contributed by atoms with E-state index in [1.54, 1.807) is 0 Å². The van der Waals surface area contributed by atoms with E-state index in [9.17, 15) is 0 Å². The van der Waals surface area contributed by atoms with Crippen LogP contribution < -0.4 is 0 Å². The molecule has 684 valence electrons. The van der Waals surface area contributed by atoms with E-state index < -0.39 is 0 Å². The molecule has 6 heteroatoms. The van der Waals surface area contributed by atoms with Crippen molar-refractivity contribution in [2.24, 2.45) is 0 Å². The Morgan fingerprint density at radius 1 is 0.109 bits per heavy atom. The van der Waals surface area contributed by atoms with Gasteiger partial charge in [0.1, 0.15) is 33.5 Å². The first-order valence-electron chi connectivity index (χ1n) is 50.1. The summed E-state index contributed by atoms with van der Waals surface area (Å²) in [7, 11) is 0. The fourth-order valence-electron chi connectivity index (χ4n) is 22.4. The zero-order chi connectivity index (χ0) is 96.9. The van der Waals surface area contributed by atoms with Crippen LogP contribution in [0, 0.1) is 0 Å². The van der Waals surface area contributed by atoms with Gasteiger partial charge in [-0.25, -0.2) is 15.0 Å². The molecule has 0 amide bonds. The van der Waals surface area contributed by atoms with Gasteiger partial charge in [-0.2, -0.15) is 0 Å². The Morgan fingerprint density at radius 2 is 0.320 bits per heavy atom. The molecule has 0 aliphatic rings. The second kappa shape index (κ2) is 35.9. The monoisotopic (exact) mass is 1870 g/mol. The molecule has 0 unspecified atom stereocenters. The van der Waals surface area contributed by atoms with Crippen molar-refractivity contribution < 1.29 is 13.3 Å². The molecule has 0 saturated heterocycles. The minimum atomic E-state index is 0.881. The van der Waals surface area contributed by atoms with Gasteiger partial charge in [0.15, 0.2) is 0 Å². The Balaban J connectivity index is 0.000000107. The Hall–Kier alpha value is -19.5. The van der Waals surface area contributed by atoms with Crippen molar-refractivity contribution in [2.45, 2.75) is 0 Å². The lowest BCUT2D eigenvalue weighted by Gasteiger charge is -2.12. The van der Waals surface area contributed by atoms with Crippen molar-refractivity contribution in [1.82, 2.24) is 15.0 Å². The molecule has 147 heavy (non-hydrogen) atoms. The number of fused-ring (bicyclic) bond motifs is 27. The van der Waals surface area contributed by atoms with E-state index in [2.05, 4.69) is 522 Å². The number of para-hydroxylation sites is 2. The molecule has 0 fully saturated rings. The van der Waals surface area contributed by atoms with Crippen LogP contribution >= 0.6 is 0 Å². The smallest absolute Gasteiger partial charge is 0.143 e. The summed E-state index contributed by atoms with van der Waals surface area (Å²) < 4.78 is 20.3. The third-order valence-electron chi connectivity index (χ3n) is 29.6. The topological polar surface area (TPSA) is 78.1 Å². The molecular formula is C141H87N3O3. The van der Waals surface area contributed by atoms with Crippen LogP contribution in [0.5, 0.6) is 0 Å². The zero-order valence-corrected chi connectivity index (χ0v) is 79.8. The lowest BCUT2D eigenvalue weighted by molar-refractivity contribution is 0.670. The Labute approximate surface area is 847 Å². The van der Waals surface area contributed by atoms with Gasteiger partial charge in [-0.05, 0) is 206 Å². The molecule has 6 heterocycles. The highest BCUT2D eigenvalue weighted by Crippen LogP contribution is 2.50. The molecule has 6 aromatic heterocycles. The molecule has 30 aromatic rings. The van der Waals surface area contributed by atoms with Gasteiger partial charge in [0.05, 0.1) is 33.6 Å². The Kier molecular flexibility index (Phi) is 20.9. The number of hydrogen-bond acceptors (Lipinski definition) is 6. The third kappa shape index (κ3) is 15.1. The maximum Gasteiger partial charge on any atom is 0.143 e. The van der Waals surface area contributed by atoms with E-state index in [0.29, 0.717) is 0 Å². The van der Waals surface area contributed by atoms with E-state index in [-0.39, 0.29) is 0 Å². The Morgan fingerprint density at radius 3 is 0.639 bits per heavy atom. The molecule has 0 bridgehead atoms. The van der Waals surface area contributed by atoms with Crippen LogP contribution in [0.25, 0.3) is 297 Å². The molecule has 6 nitrogen and oxygen atoms in total. The molecule has 0 aliphatic heterocycles. The second-order valence-corrected chi connectivity index (χ2v) is 38.1. The number of furan rings is 3. The zero-order valence-electron chi connectivity index (χ0n) is 79.8. The van der Waals surface area contributed by atoms with Crippen LogP contribution in [0.3, 0.4) is 0 Å². The summed E-state index contributed by atoms with van der Waals surface area (Å²) in [5, 5.41) is 24.9. The Bertz CT molecular complexity index is 10300. The van der Waals surface area contributed by atoms with E-state index >= 15 is 0 Å². The van der Waals surface area contributed by atoms with Crippen LogP contribution in [0.1, 0.15) is 0 Å². The maximum absolute atomic E-state index is 7.03. The van der Waals surface area contributed by atoms with E-state index in [4.69, 9.17) is 28.2 Å². The summed E-state index contributed by atoms with van der Waals surface area (Å²) in [6, 6.07) is 187. The predicted octanol–water partition coefficient (Wildman–Crippen LogP) is 39.3. The molecule has 0 atom stereocenters. The highest BCUT2D eigenvalue weighted by Gasteiger charge is 2.25. The van der Waals surface area contributed by atoms with Gasteiger partial charge in [0, 0.05) is 109 Å². The van der Waals surface area contributed by atoms with E-state index in [1.807, 2.05) is 6.07 Å². The molecule has 0 saturated carbocycles. The van der Waals surface area contributed by atoms with Crippen LogP contribution in [0.2, 0.25) is 0 Å². The van der Waals surface area contributed by atoms with Crippen LogP contribution in [0.4, 0.5) is 0 Å². The normalized spacial score (nSPS) is 11.7. The lowest BCUT2D eigenvalue weighted by atomic mass is 9.93. The standard InChI is InChI=1S/C53H33NO.C47H29NO.C41H25NO/c1-4-14-34(15-5-1)39-30-46(36-18-8-3-9-19-36)52-48(32-39)49-33-40(35-16-6-2-7-17-35)31-47(53(49)55-52)37-24-26-38(27-25-37)50-29-28-45-43-22-11-10-20-41(43)42-21-12-13-23-44(42)51(45)54-50;1-3-11-30(12-4-1)34-23-26-45-42(27-34)43-29-35(31-13-5-2-6-14-31)28-41(47(43)49-45)32-19-21-33(22-20-32)44-25-24-40-38-17-8-7-15-36(38)37-16-9-10-18-39(37)46(40)48-44;1-2-10-26(11-3-1)29-16-8-18-36-37-19-9-17-30(41(37)43-40(29)36)27-20-22-28(23-21-27)38-25-24-35-33-14-5-4-12-31(33)32-13-6-7-15-34(32)39(35)42-38/h1-33H;1-29H;1-25H. The third-order valence-corrected chi connectivity index (χ3v) is 29.6. The first-order valence-corrected chi connectivity index (χ1v) is 50.1.